The number of hydrogen-bond acceptors (Lipinski definition) is 6. The molecule has 0 saturated carbocycles. The molecule has 4 rings (SSSR count). The van der Waals surface area contributed by atoms with Crippen molar-refractivity contribution in [2.75, 3.05) is 12.0 Å². The van der Waals surface area contributed by atoms with Gasteiger partial charge in [0.1, 0.15) is 11.3 Å². The van der Waals surface area contributed by atoms with Crippen molar-refractivity contribution in [2.45, 2.75) is 0 Å². The number of nitrogens with one attached hydrogen (secondary N) is 1. The predicted molar refractivity (Wildman–Crippen MR) is 145 cm³/mol. The molecule has 3 aromatic rings. The lowest BCUT2D eigenvalue weighted by atomic mass is 10.1. The van der Waals surface area contributed by atoms with Crippen LogP contribution in [0.1, 0.15) is 15.9 Å². The number of hydrogen-bond donors (Lipinski definition) is 1. The van der Waals surface area contributed by atoms with Crippen LogP contribution in [0, 0.1) is 0 Å². The molecular weight excluding hydrogens is 655 g/mol. The highest BCUT2D eigenvalue weighted by atomic mass is 79.9. The zero-order valence-electron chi connectivity index (χ0n) is 18.7. The Morgan fingerprint density at radius 3 is 2.49 bits per heavy atom. The van der Waals surface area contributed by atoms with E-state index in [1.165, 1.54) is 49.6 Å². The summed E-state index contributed by atoms with van der Waals surface area (Å²) in [5, 5.41) is 2.58. The number of methoxy groups -OCH3 is 1. The molecule has 3 aromatic carbocycles. The van der Waals surface area contributed by atoms with E-state index in [1.54, 1.807) is 18.2 Å². The van der Waals surface area contributed by atoms with Gasteiger partial charge in [0.25, 0.3) is 11.8 Å². The molecule has 188 valence electrons. The first-order valence-electron chi connectivity index (χ1n) is 10.3. The summed E-state index contributed by atoms with van der Waals surface area (Å²) >= 11 is 18.7. The number of barbiturate groups is 1. The van der Waals surface area contributed by atoms with Gasteiger partial charge in [-0.15, -0.1) is 0 Å². The highest BCUT2D eigenvalue weighted by Gasteiger charge is 2.37. The molecule has 0 spiro atoms. The van der Waals surface area contributed by atoms with E-state index < -0.39 is 23.8 Å². The number of halogens is 4. The molecule has 0 bridgehead atoms. The maximum atomic E-state index is 13.3. The summed E-state index contributed by atoms with van der Waals surface area (Å²) in [6.07, 6.45) is 1.22. The molecular formula is C25H14Br2Cl2N2O6. The van der Waals surface area contributed by atoms with Crippen molar-refractivity contribution in [2.24, 2.45) is 0 Å². The number of esters is 1. The molecule has 37 heavy (non-hydrogen) atoms. The fourth-order valence-electron chi connectivity index (χ4n) is 3.39. The lowest BCUT2D eigenvalue weighted by Gasteiger charge is -2.26. The molecule has 0 radical (unpaired) electrons. The highest BCUT2D eigenvalue weighted by Crippen LogP contribution is 2.36. The lowest BCUT2D eigenvalue weighted by Crippen LogP contribution is -2.54. The fraction of sp³-hybridized carbons (Fsp3) is 0.0400. The van der Waals surface area contributed by atoms with Crippen LogP contribution in [-0.2, 0) is 9.59 Å². The minimum Gasteiger partial charge on any atom is -0.497 e. The summed E-state index contributed by atoms with van der Waals surface area (Å²) in [5.41, 5.74) is 0.0767. The third-order valence-electron chi connectivity index (χ3n) is 5.10. The molecule has 12 heteroatoms. The second-order valence-electron chi connectivity index (χ2n) is 7.48. The fourth-order valence-corrected chi connectivity index (χ4v) is 5.22. The topological polar surface area (TPSA) is 102 Å². The Labute approximate surface area is 237 Å². The zero-order valence-corrected chi connectivity index (χ0v) is 23.4. The van der Waals surface area contributed by atoms with E-state index >= 15 is 0 Å². The number of urea groups is 1. The van der Waals surface area contributed by atoms with Gasteiger partial charge >= 0.3 is 12.0 Å². The van der Waals surface area contributed by atoms with E-state index in [2.05, 4.69) is 37.2 Å². The second kappa shape index (κ2) is 11.1. The molecule has 0 aliphatic carbocycles. The first kappa shape index (κ1) is 26.9. The van der Waals surface area contributed by atoms with Crippen molar-refractivity contribution in [1.82, 2.24) is 5.32 Å². The largest absolute Gasteiger partial charge is 0.497 e. The van der Waals surface area contributed by atoms with E-state index in [0.717, 1.165) is 4.90 Å². The van der Waals surface area contributed by atoms with Gasteiger partial charge in [0.05, 0.1) is 27.9 Å². The number of carbonyl (C=O) groups is 4. The maximum Gasteiger partial charge on any atom is 0.345 e. The minimum atomic E-state index is -0.917. The smallest absolute Gasteiger partial charge is 0.345 e. The predicted octanol–water partition coefficient (Wildman–Crippen LogP) is 6.41. The highest BCUT2D eigenvalue weighted by molar-refractivity contribution is 9.11. The molecule has 8 nitrogen and oxygen atoms in total. The van der Waals surface area contributed by atoms with E-state index in [0.29, 0.717) is 19.7 Å². The Hall–Kier alpha value is -3.18. The van der Waals surface area contributed by atoms with E-state index in [-0.39, 0.29) is 33.2 Å². The standard InChI is InChI=1S/C25H14Br2Cl2N2O6/c1-36-16-4-2-3-15(11-16)31-23(33)18(22(32)30-25(31)35)8-12-7-13(26)9-19(27)21(12)37-24(34)17-6-5-14(28)10-20(17)29/h2-11H,1H3,(H,30,32,35)/b18-8-. The molecule has 4 amide bonds. The van der Waals surface area contributed by atoms with E-state index in [4.69, 9.17) is 32.7 Å². The molecule has 1 aliphatic heterocycles. The van der Waals surface area contributed by atoms with E-state index in [1.807, 2.05) is 0 Å². The van der Waals surface area contributed by atoms with Gasteiger partial charge in [0.15, 0.2) is 5.75 Å². The van der Waals surface area contributed by atoms with Crippen LogP contribution in [0.25, 0.3) is 6.08 Å². The molecule has 1 saturated heterocycles. The average molecular weight is 669 g/mol. The number of rotatable bonds is 5. The average Bonchev–Trinajstić information content (AvgIpc) is 2.83. The van der Waals surface area contributed by atoms with Gasteiger partial charge < -0.3 is 9.47 Å². The summed E-state index contributed by atoms with van der Waals surface area (Å²) in [6.45, 7) is 0. The molecule has 1 fully saturated rings. The number of imide groups is 2. The maximum absolute atomic E-state index is 13.3. The Morgan fingerprint density at radius 2 is 1.78 bits per heavy atom. The van der Waals surface area contributed by atoms with Crippen molar-refractivity contribution in [3.8, 4) is 11.5 Å². The van der Waals surface area contributed by atoms with Crippen molar-refractivity contribution in [3.63, 3.8) is 0 Å². The normalized spacial score (nSPS) is 14.6. The second-order valence-corrected chi connectivity index (χ2v) is 10.1. The van der Waals surface area contributed by atoms with Gasteiger partial charge in [0.2, 0.25) is 0 Å². The summed E-state index contributed by atoms with van der Waals surface area (Å²) in [5.74, 6) is -2.17. The molecule has 0 unspecified atom stereocenters. The number of carbonyl (C=O) groups excluding carboxylic acids is 4. The Kier molecular flexibility index (Phi) is 8.03. The van der Waals surface area contributed by atoms with Gasteiger partial charge in [-0.3, -0.25) is 14.9 Å². The molecule has 1 N–H and O–H groups in total. The van der Waals surface area contributed by atoms with Gasteiger partial charge in [0, 0.05) is 21.1 Å². The summed E-state index contributed by atoms with van der Waals surface area (Å²) in [6, 6.07) is 12.8. The monoisotopic (exact) mass is 666 g/mol. The molecule has 1 heterocycles. The van der Waals surface area contributed by atoms with Crippen LogP contribution in [0.5, 0.6) is 11.5 Å². The quantitative estimate of drug-likeness (QED) is 0.146. The Balaban J connectivity index is 1.76. The first-order valence-corrected chi connectivity index (χ1v) is 12.6. The van der Waals surface area contributed by atoms with Crippen LogP contribution in [0.4, 0.5) is 10.5 Å². The van der Waals surface area contributed by atoms with Crippen LogP contribution in [-0.4, -0.2) is 30.9 Å². The van der Waals surface area contributed by atoms with Gasteiger partial charge in [-0.05, 0) is 64.5 Å². The van der Waals surface area contributed by atoms with Crippen molar-refractivity contribution >= 4 is 90.6 Å². The lowest BCUT2D eigenvalue weighted by molar-refractivity contribution is -0.122. The Morgan fingerprint density at radius 1 is 1.03 bits per heavy atom. The van der Waals surface area contributed by atoms with Crippen molar-refractivity contribution < 1.29 is 28.7 Å². The van der Waals surface area contributed by atoms with Crippen LogP contribution in [0.15, 0.2) is 69.1 Å². The van der Waals surface area contributed by atoms with Crippen molar-refractivity contribution in [1.29, 1.82) is 0 Å². The first-order chi connectivity index (χ1) is 17.6. The van der Waals surface area contributed by atoms with Crippen LogP contribution in [0.3, 0.4) is 0 Å². The van der Waals surface area contributed by atoms with Crippen LogP contribution < -0.4 is 19.7 Å². The van der Waals surface area contributed by atoms with Gasteiger partial charge in [-0.2, -0.15) is 0 Å². The SMILES string of the molecule is COc1cccc(N2C(=O)NC(=O)/C(=C/c3cc(Br)cc(Br)c3OC(=O)c3ccc(Cl)cc3Cl)C2=O)c1. The third-order valence-corrected chi connectivity index (χ3v) is 6.69. The number of nitrogens with zero attached hydrogens (tertiary/aromatic N) is 1. The summed E-state index contributed by atoms with van der Waals surface area (Å²) in [4.78, 5) is 52.2. The molecule has 0 aromatic heterocycles. The van der Waals surface area contributed by atoms with Crippen LogP contribution >= 0.6 is 55.1 Å². The zero-order chi connectivity index (χ0) is 26.9. The van der Waals surface area contributed by atoms with Crippen LogP contribution in [0.2, 0.25) is 10.0 Å². The van der Waals surface area contributed by atoms with Gasteiger partial charge in [-0.25, -0.2) is 14.5 Å². The number of anilines is 1. The van der Waals surface area contributed by atoms with Gasteiger partial charge in [-0.1, -0.05) is 45.2 Å². The summed E-state index contributed by atoms with van der Waals surface area (Å²) < 4.78 is 11.7. The van der Waals surface area contributed by atoms with Crippen molar-refractivity contribution in [3.05, 3.63) is 90.3 Å². The Bertz CT molecular complexity index is 1510. The number of amides is 4. The molecule has 0 atom stereocenters. The van der Waals surface area contributed by atoms with E-state index in [9.17, 15) is 19.2 Å². The minimum absolute atomic E-state index is 0.0112. The summed E-state index contributed by atoms with van der Waals surface area (Å²) in [7, 11) is 1.44. The third kappa shape index (κ3) is 5.72. The number of ether oxygens (including phenoxy) is 2. The molecule has 1 aliphatic rings. The number of benzene rings is 3.